The first-order valence-corrected chi connectivity index (χ1v) is 5.80. The lowest BCUT2D eigenvalue weighted by molar-refractivity contribution is -0.125. The number of hydrogen-bond donors (Lipinski definition) is 4. The van der Waals surface area contributed by atoms with Crippen molar-refractivity contribution in [3.63, 3.8) is 0 Å². The minimum absolute atomic E-state index is 0.0232. The van der Waals surface area contributed by atoms with Gasteiger partial charge in [0, 0.05) is 13.1 Å². The highest BCUT2D eigenvalue weighted by Gasteiger charge is 2.16. The van der Waals surface area contributed by atoms with Crippen molar-refractivity contribution in [2.24, 2.45) is 5.73 Å². The Morgan fingerprint density at radius 3 is 3.11 bits per heavy atom. The summed E-state index contributed by atoms with van der Waals surface area (Å²) in [4.78, 5) is 21.8. The third-order valence-corrected chi connectivity index (χ3v) is 2.67. The summed E-state index contributed by atoms with van der Waals surface area (Å²) in [5.74, 6) is -0.333. The molecule has 102 valence electrons. The van der Waals surface area contributed by atoms with Gasteiger partial charge in [-0.1, -0.05) is 6.07 Å². The average molecular weight is 265 g/mol. The fourth-order valence-corrected chi connectivity index (χ4v) is 1.69. The van der Waals surface area contributed by atoms with Gasteiger partial charge in [0.2, 0.25) is 5.91 Å². The summed E-state index contributed by atoms with van der Waals surface area (Å²) in [5.41, 5.74) is 6.44. The highest BCUT2D eigenvalue weighted by molar-refractivity contribution is 5.95. The normalized spacial score (nSPS) is 15.1. The molecule has 7 heteroatoms. The van der Waals surface area contributed by atoms with Crippen LogP contribution in [0.5, 0.6) is 5.75 Å². The van der Waals surface area contributed by atoms with Crippen molar-refractivity contribution in [2.45, 2.75) is 12.6 Å². The second-order valence-corrected chi connectivity index (χ2v) is 4.22. The molecular formula is C12H15N3O4. The van der Waals surface area contributed by atoms with Crippen LogP contribution in [0.15, 0.2) is 18.2 Å². The van der Waals surface area contributed by atoms with E-state index in [0.29, 0.717) is 18.0 Å². The van der Waals surface area contributed by atoms with E-state index in [-0.39, 0.29) is 19.1 Å². The zero-order valence-electron chi connectivity index (χ0n) is 10.2. The standard InChI is InChI=1S/C12H15N3O4/c13-12(18)9(16)5-14-4-7-1-2-10-8(3-7)15-11(17)6-19-10/h1-3,9,14,16H,4-6H2,(H2,13,18)(H,15,17). The molecule has 1 aliphatic heterocycles. The molecule has 1 aliphatic rings. The van der Waals surface area contributed by atoms with Crippen LogP contribution < -0.4 is 21.1 Å². The van der Waals surface area contributed by atoms with Gasteiger partial charge in [0.25, 0.3) is 5.91 Å². The van der Waals surface area contributed by atoms with Crippen molar-refractivity contribution in [3.05, 3.63) is 23.8 Å². The molecule has 0 radical (unpaired) electrons. The van der Waals surface area contributed by atoms with Gasteiger partial charge < -0.3 is 26.2 Å². The lowest BCUT2D eigenvalue weighted by Crippen LogP contribution is -2.37. The molecule has 1 aromatic carbocycles. The Bertz CT molecular complexity index is 504. The molecule has 0 bridgehead atoms. The number of carbonyl (C=O) groups excluding carboxylic acids is 2. The van der Waals surface area contributed by atoms with E-state index in [2.05, 4.69) is 10.6 Å². The molecule has 0 aromatic heterocycles. The molecule has 19 heavy (non-hydrogen) atoms. The van der Waals surface area contributed by atoms with Crippen LogP contribution in [0.1, 0.15) is 5.56 Å². The van der Waals surface area contributed by atoms with Crippen LogP contribution in [-0.2, 0) is 16.1 Å². The molecule has 0 saturated carbocycles. The number of nitrogens with two attached hydrogens (primary N) is 1. The van der Waals surface area contributed by atoms with Crippen LogP contribution in [0.3, 0.4) is 0 Å². The maximum atomic E-state index is 11.2. The van der Waals surface area contributed by atoms with E-state index >= 15 is 0 Å². The molecule has 0 aliphatic carbocycles. The Labute approximate surface area is 109 Å². The van der Waals surface area contributed by atoms with Crippen LogP contribution >= 0.6 is 0 Å². The number of nitrogens with one attached hydrogen (secondary N) is 2. The monoisotopic (exact) mass is 265 g/mol. The summed E-state index contributed by atoms with van der Waals surface area (Å²) in [5, 5.41) is 14.8. The predicted molar refractivity (Wildman–Crippen MR) is 67.5 cm³/mol. The topological polar surface area (TPSA) is 114 Å². The zero-order valence-corrected chi connectivity index (χ0v) is 10.2. The molecule has 1 aromatic rings. The van der Waals surface area contributed by atoms with E-state index in [0.717, 1.165) is 5.56 Å². The lowest BCUT2D eigenvalue weighted by Gasteiger charge is -2.18. The van der Waals surface area contributed by atoms with Gasteiger partial charge in [-0.2, -0.15) is 0 Å². The first-order chi connectivity index (χ1) is 9.06. The molecule has 0 fully saturated rings. The smallest absolute Gasteiger partial charge is 0.262 e. The van der Waals surface area contributed by atoms with Crippen LogP contribution in [0, 0.1) is 0 Å². The molecule has 1 atom stereocenters. The van der Waals surface area contributed by atoms with Crippen molar-refractivity contribution >= 4 is 17.5 Å². The summed E-state index contributed by atoms with van der Waals surface area (Å²) < 4.78 is 5.23. The van der Waals surface area contributed by atoms with Gasteiger partial charge in [0.15, 0.2) is 6.61 Å². The first-order valence-electron chi connectivity index (χ1n) is 5.80. The number of amides is 2. The molecule has 1 unspecified atom stereocenters. The minimum Gasteiger partial charge on any atom is -0.482 e. The number of hydrogen-bond acceptors (Lipinski definition) is 5. The van der Waals surface area contributed by atoms with Gasteiger partial charge in [0.05, 0.1) is 5.69 Å². The van der Waals surface area contributed by atoms with Crippen molar-refractivity contribution in [1.29, 1.82) is 0 Å². The number of ether oxygens (including phenoxy) is 1. The Kier molecular flexibility index (Phi) is 3.98. The second-order valence-electron chi connectivity index (χ2n) is 4.22. The summed E-state index contributed by atoms with van der Waals surface area (Å²) >= 11 is 0. The SMILES string of the molecule is NC(=O)C(O)CNCc1ccc2c(c1)NC(=O)CO2. The van der Waals surface area contributed by atoms with E-state index < -0.39 is 12.0 Å². The summed E-state index contributed by atoms with van der Waals surface area (Å²) in [6.45, 7) is 0.540. The van der Waals surface area contributed by atoms with Crippen LogP contribution in [0.25, 0.3) is 0 Å². The van der Waals surface area contributed by atoms with Crippen molar-refractivity contribution in [2.75, 3.05) is 18.5 Å². The summed E-state index contributed by atoms with van der Waals surface area (Å²) in [6, 6.07) is 5.37. The molecule has 5 N–H and O–H groups in total. The van der Waals surface area contributed by atoms with Crippen molar-refractivity contribution in [1.82, 2.24) is 5.32 Å². The first kappa shape index (κ1) is 13.3. The highest BCUT2D eigenvalue weighted by Crippen LogP contribution is 2.28. The van der Waals surface area contributed by atoms with E-state index in [9.17, 15) is 14.7 Å². The second kappa shape index (κ2) is 5.68. The molecule has 1 heterocycles. The highest BCUT2D eigenvalue weighted by atomic mass is 16.5. The molecule has 0 saturated heterocycles. The van der Waals surface area contributed by atoms with Gasteiger partial charge in [-0.15, -0.1) is 0 Å². The van der Waals surface area contributed by atoms with Crippen molar-refractivity contribution in [3.8, 4) is 5.75 Å². The number of aliphatic hydroxyl groups is 1. The van der Waals surface area contributed by atoms with Gasteiger partial charge in [-0.3, -0.25) is 9.59 Å². The largest absolute Gasteiger partial charge is 0.482 e. The van der Waals surface area contributed by atoms with E-state index in [4.69, 9.17) is 10.5 Å². The number of aliphatic hydroxyl groups excluding tert-OH is 1. The number of carbonyl (C=O) groups is 2. The van der Waals surface area contributed by atoms with E-state index in [1.165, 1.54) is 0 Å². The Morgan fingerprint density at radius 2 is 2.37 bits per heavy atom. The summed E-state index contributed by atoms with van der Waals surface area (Å²) in [6.07, 6.45) is -1.21. The number of primary amides is 1. The molecule has 2 amide bonds. The van der Waals surface area contributed by atoms with Crippen LogP contribution in [-0.4, -0.2) is 36.2 Å². The minimum atomic E-state index is -1.21. The quantitative estimate of drug-likeness (QED) is 0.542. The van der Waals surface area contributed by atoms with E-state index in [1.807, 2.05) is 6.07 Å². The van der Waals surface area contributed by atoms with Gasteiger partial charge in [0.1, 0.15) is 11.9 Å². The predicted octanol–water partition coefficient (Wildman–Crippen LogP) is -1.05. The van der Waals surface area contributed by atoms with Crippen molar-refractivity contribution < 1.29 is 19.4 Å². The maximum Gasteiger partial charge on any atom is 0.262 e. The Hall–Kier alpha value is -2.12. The average Bonchev–Trinajstić information content (AvgIpc) is 2.38. The van der Waals surface area contributed by atoms with Gasteiger partial charge in [-0.25, -0.2) is 0 Å². The lowest BCUT2D eigenvalue weighted by atomic mass is 10.1. The van der Waals surface area contributed by atoms with Gasteiger partial charge >= 0.3 is 0 Å². The Balaban J connectivity index is 1.93. The van der Waals surface area contributed by atoms with E-state index in [1.54, 1.807) is 12.1 Å². The number of rotatable bonds is 5. The molecular weight excluding hydrogens is 250 g/mol. The number of anilines is 1. The fourth-order valence-electron chi connectivity index (χ4n) is 1.69. The molecule has 7 nitrogen and oxygen atoms in total. The number of fused-ring (bicyclic) bond motifs is 1. The maximum absolute atomic E-state index is 11.2. The molecule has 2 rings (SSSR count). The molecule has 0 spiro atoms. The third kappa shape index (κ3) is 3.43. The van der Waals surface area contributed by atoms with Crippen LogP contribution in [0.4, 0.5) is 5.69 Å². The fraction of sp³-hybridized carbons (Fsp3) is 0.333. The van der Waals surface area contributed by atoms with Crippen LogP contribution in [0.2, 0.25) is 0 Å². The third-order valence-electron chi connectivity index (χ3n) is 2.67. The number of benzene rings is 1. The summed E-state index contributed by atoms with van der Waals surface area (Å²) in [7, 11) is 0. The zero-order chi connectivity index (χ0) is 13.8. The Morgan fingerprint density at radius 1 is 1.58 bits per heavy atom. The van der Waals surface area contributed by atoms with Gasteiger partial charge in [-0.05, 0) is 17.7 Å².